The van der Waals surface area contributed by atoms with Crippen molar-refractivity contribution in [2.24, 2.45) is 0 Å². The molecule has 40 valence electrons. The van der Waals surface area contributed by atoms with Crippen LogP contribution in [0.2, 0.25) is 0 Å². The third-order valence-corrected chi connectivity index (χ3v) is 3.19. The van der Waals surface area contributed by atoms with Crippen molar-refractivity contribution in [2.45, 2.75) is 0 Å². The van der Waals surface area contributed by atoms with Crippen LogP contribution in [-0.2, 0) is 0 Å². The average molecular weight is 210 g/mol. The standard InChI is InChI=1S/C5H7IO/c7-4-5-2-1-3-6-5/h1-3,6-7H,4H2. The molecular weight excluding hydrogens is 203 g/mol. The van der Waals surface area contributed by atoms with Gasteiger partial charge in [0.1, 0.15) is 0 Å². The van der Waals surface area contributed by atoms with Gasteiger partial charge in [-0.3, -0.25) is 0 Å². The SMILES string of the molecule is OCC1=CC=C[IH]1. The van der Waals surface area contributed by atoms with Gasteiger partial charge in [0.15, 0.2) is 0 Å². The molecule has 0 aliphatic carbocycles. The summed E-state index contributed by atoms with van der Waals surface area (Å²) >= 11 is -0.0449. The molecule has 0 saturated carbocycles. The van der Waals surface area contributed by atoms with Crippen molar-refractivity contribution >= 4 is 21.2 Å². The number of halogens is 1. The van der Waals surface area contributed by atoms with Crippen molar-refractivity contribution in [1.82, 2.24) is 0 Å². The molecule has 0 spiro atoms. The summed E-state index contributed by atoms with van der Waals surface area (Å²) in [7, 11) is 0. The summed E-state index contributed by atoms with van der Waals surface area (Å²) in [6.07, 6.45) is 4.02. The van der Waals surface area contributed by atoms with E-state index >= 15 is 0 Å². The molecule has 7 heavy (non-hydrogen) atoms. The monoisotopic (exact) mass is 210 g/mol. The third-order valence-electron chi connectivity index (χ3n) is 0.736. The zero-order valence-electron chi connectivity index (χ0n) is 3.79. The summed E-state index contributed by atoms with van der Waals surface area (Å²) in [6, 6.07) is 0. The molecule has 1 rings (SSSR count). The molecule has 1 heterocycles. The molecule has 0 bridgehead atoms. The van der Waals surface area contributed by atoms with Crippen LogP contribution in [0.1, 0.15) is 0 Å². The molecule has 1 aliphatic rings. The second-order valence-corrected chi connectivity index (χ2v) is 4.18. The average Bonchev–Trinajstić information content (AvgIpc) is 2.14. The van der Waals surface area contributed by atoms with Crippen LogP contribution in [0.25, 0.3) is 0 Å². The van der Waals surface area contributed by atoms with Crippen LogP contribution in [0, 0.1) is 0 Å². The van der Waals surface area contributed by atoms with Crippen molar-refractivity contribution in [3.63, 3.8) is 0 Å². The van der Waals surface area contributed by atoms with Crippen molar-refractivity contribution in [1.29, 1.82) is 0 Å². The van der Waals surface area contributed by atoms with Gasteiger partial charge in [-0.15, -0.1) is 0 Å². The zero-order valence-corrected chi connectivity index (χ0v) is 6.12. The number of allylic oxidation sites excluding steroid dienone is 2. The molecule has 0 atom stereocenters. The van der Waals surface area contributed by atoms with Crippen LogP contribution in [-0.4, -0.2) is 11.7 Å². The van der Waals surface area contributed by atoms with E-state index in [1.165, 1.54) is 3.58 Å². The minimum absolute atomic E-state index is 0.0449. The molecule has 1 nitrogen and oxygen atoms in total. The summed E-state index contributed by atoms with van der Waals surface area (Å²) in [5.74, 6) is 0. The first kappa shape index (κ1) is 5.31. The van der Waals surface area contributed by atoms with Crippen LogP contribution in [0.5, 0.6) is 0 Å². The third kappa shape index (κ3) is 1.28. The van der Waals surface area contributed by atoms with E-state index in [-0.39, 0.29) is 27.8 Å². The molecule has 0 fully saturated rings. The summed E-state index contributed by atoms with van der Waals surface area (Å²) < 4.78 is 3.40. The summed E-state index contributed by atoms with van der Waals surface area (Å²) in [6.45, 7) is 0.273. The molecule has 0 aromatic rings. The fourth-order valence-corrected chi connectivity index (χ4v) is 2.01. The Morgan fingerprint density at radius 1 is 1.71 bits per heavy atom. The Morgan fingerprint density at radius 3 is 2.86 bits per heavy atom. The van der Waals surface area contributed by atoms with Gasteiger partial charge in [-0.25, -0.2) is 0 Å². The predicted octanol–water partition coefficient (Wildman–Crippen LogP) is 1.09. The molecule has 1 aliphatic heterocycles. The first-order valence-electron chi connectivity index (χ1n) is 2.06. The van der Waals surface area contributed by atoms with Gasteiger partial charge < -0.3 is 0 Å². The normalized spacial score (nSPS) is 18.7. The summed E-state index contributed by atoms with van der Waals surface area (Å²) in [4.78, 5) is 0. The Balaban J connectivity index is 2.45. The van der Waals surface area contributed by atoms with Gasteiger partial charge in [-0.05, 0) is 0 Å². The molecule has 2 heteroatoms. The van der Waals surface area contributed by atoms with E-state index in [0.717, 1.165) is 0 Å². The molecule has 0 aromatic heterocycles. The Labute approximate surface area is 53.0 Å². The minimum atomic E-state index is -0.0449. The molecule has 0 radical (unpaired) electrons. The first-order valence-corrected chi connectivity index (χ1v) is 4.58. The molecular formula is C5H7IO. The number of aliphatic hydroxyl groups excluding tert-OH is 1. The van der Waals surface area contributed by atoms with E-state index in [1.54, 1.807) is 0 Å². The fourth-order valence-electron chi connectivity index (χ4n) is 0.403. The predicted molar refractivity (Wildman–Crippen MR) is 39.7 cm³/mol. The Morgan fingerprint density at radius 2 is 2.57 bits per heavy atom. The molecule has 0 saturated heterocycles. The van der Waals surface area contributed by atoms with E-state index in [4.69, 9.17) is 5.11 Å². The van der Waals surface area contributed by atoms with E-state index in [2.05, 4.69) is 4.08 Å². The number of rotatable bonds is 1. The number of aliphatic hydroxyl groups is 1. The van der Waals surface area contributed by atoms with Crippen LogP contribution >= 0.6 is 21.2 Å². The summed E-state index contributed by atoms with van der Waals surface area (Å²) in [5, 5.41) is 8.49. The van der Waals surface area contributed by atoms with E-state index in [9.17, 15) is 0 Å². The van der Waals surface area contributed by atoms with Crippen LogP contribution in [0.4, 0.5) is 0 Å². The zero-order chi connectivity index (χ0) is 5.11. The Kier molecular flexibility index (Phi) is 1.87. The quantitative estimate of drug-likeness (QED) is 0.642. The van der Waals surface area contributed by atoms with E-state index in [1.807, 2.05) is 12.2 Å². The van der Waals surface area contributed by atoms with Gasteiger partial charge in [0.2, 0.25) is 0 Å². The first-order chi connectivity index (χ1) is 3.43. The van der Waals surface area contributed by atoms with Crippen LogP contribution in [0.15, 0.2) is 19.8 Å². The maximum atomic E-state index is 8.49. The molecule has 0 amide bonds. The second-order valence-electron chi connectivity index (χ2n) is 1.24. The summed E-state index contributed by atoms with van der Waals surface area (Å²) in [5.41, 5.74) is 0. The van der Waals surface area contributed by atoms with E-state index < -0.39 is 0 Å². The Bertz CT molecular complexity index is 115. The van der Waals surface area contributed by atoms with Crippen molar-refractivity contribution in [3.8, 4) is 0 Å². The van der Waals surface area contributed by atoms with Gasteiger partial charge in [0.05, 0.1) is 0 Å². The molecule has 1 N–H and O–H groups in total. The Hall–Kier alpha value is 0.170. The van der Waals surface area contributed by atoms with Crippen molar-refractivity contribution in [2.75, 3.05) is 6.61 Å². The van der Waals surface area contributed by atoms with Crippen LogP contribution < -0.4 is 0 Å². The number of hydrogen-bond acceptors (Lipinski definition) is 1. The maximum absolute atomic E-state index is 8.49. The molecule has 0 unspecified atom stereocenters. The topological polar surface area (TPSA) is 20.2 Å². The van der Waals surface area contributed by atoms with Crippen molar-refractivity contribution in [3.05, 3.63) is 19.8 Å². The number of hydrogen-bond donors (Lipinski definition) is 1. The van der Waals surface area contributed by atoms with Gasteiger partial charge in [-0.2, -0.15) is 0 Å². The molecule has 0 aromatic carbocycles. The fraction of sp³-hybridized carbons (Fsp3) is 0.200. The van der Waals surface area contributed by atoms with E-state index in [0.29, 0.717) is 0 Å². The van der Waals surface area contributed by atoms with Crippen molar-refractivity contribution < 1.29 is 5.11 Å². The van der Waals surface area contributed by atoms with Crippen LogP contribution in [0.3, 0.4) is 0 Å². The van der Waals surface area contributed by atoms with Gasteiger partial charge in [-0.1, -0.05) is 0 Å². The van der Waals surface area contributed by atoms with Gasteiger partial charge in [0.25, 0.3) is 0 Å². The van der Waals surface area contributed by atoms with Gasteiger partial charge in [0, 0.05) is 0 Å². The second kappa shape index (κ2) is 2.47. The van der Waals surface area contributed by atoms with Gasteiger partial charge >= 0.3 is 52.7 Å².